The second-order valence-corrected chi connectivity index (χ2v) is 6.18. The first-order valence-corrected chi connectivity index (χ1v) is 7.68. The number of fused-ring (bicyclic) bond motifs is 1. The van der Waals surface area contributed by atoms with Crippen LogP contribution >= 0.6 is 0 Å². The molecule has 0 amide bonds. The van der Waals surface area contributed by atoms with Gasteiger partial charge in [-0.2, -0.15) is 0 Å². The summed E-state index contributed by atoms with van der Waals surface area (Å²) >= 11 is 0. The lowest BCUT2D eigenvalue weighted by molar-refractivity contribution is 0.0411. The fourth-order valence-corrected chi connectivity index (χ4v) is 3.46. The lowest BCUT2D eigenvalue weighted by atomic mass is 9.79. The van der Waals surface area contributed by atoms with Crippen molar-refractivity contribution in [1.29, 1.82) is 0 Å². The van der Waals surface area contributed by atoms with E-state index in [0.29, 0.717) is 5.92 Å². The van der Waals surface area contributed by atoms with Gasteiger partial charge in [0.1, 0.15) is 0 Å². The first kappa shape index (κ1) is 14.3. The van der Waals surface area contributed by atoms with Crippen LogP contribution in [0, 0.1) is 0 Å². The molecule has 0 radical (unpaired) electrons. The van der Waals surface area contributed by atoms with Crippen molar-refractivity contribution >= 4 is 0 Å². The number of aliphatic hydroxyl groups is 1. The third-order valence-electron chi connectivity index (χ3n) is 4.65. The van der Waals surface area contributed by atoms with E-state index in [-0.39, 0.29) is 6.04 Å². The van der Waals surface area contributed by atoms with E-state index in [4.69, 9.17) is 0 Å². The molecule has 2 nitrogen and oxygen atoms in total. The number of hydrogen-bond acceptors (Lipinski definition) is 2. The van der Waals surface area contributed by atoms with Gasteiger partial charge in [-0.15, -0.1) is 0 Å². The van der Waals surface area contributed by atoms with Gasteiger partial charge in [0, 0.05) is 12.6 Å². The highest BCUT2D eigenvalue weighted by Crippen LogP contribution is 2.39. The van der Waals surface area contributed by atoms with Gasteiger partial charge in [-0.1, -0.05) is 61.5 Å². The smallest absolute Gasteiger partial charge is 0.0948 e. The summed E-state index contributed by atoms with van der Waals surface area (Å²) in [6, 6.07) is 18.9. The maximum absolute atomic E-state index is 10.7. The number of aliphatic hydroxyl groups excluding tert-OH is 1. The molecule has 110 valence electrons. The highest BCUT2D eigenvalue weighted by atomic mass is 16.3. The Morgan fingerprint density at radius 3 is 2.33 bits per heavy atom. The average Bonchev–Trinajstić information content (AvgIpc) is 2.52. The second kappa shape index (κ2) is 6.00. The molecule has 0 saturated heterocycles. The van der Waals surface area contributed by atoms with Gasteiger partial charge in [0.25, 0.3) is 0 Å². The summed E-state index contributed by atoms with van der Waals surface area (Å²) in [6.45, 7) is 3.13. The zero-order valence-electron chi connectivity index (χ0n) is 12.7. The number of likely N-dealkylation sites (N-methyl/N-ethyl adjacent to an activating group) is 1. The zero-order valence-corrected chi connectivity index (χ0v) is 12.7. The molecule has 0 spiro atoms. The van der Waals surface area contributed by atoms with Crippen LogP contribution in [0.1, 0.15) is 42.1 Å². The van der Waals surface area contributed by atoms with Crippen LogP contribution in [-0.2, 0) is 6.54 Å². The van der Waals surface area contributed by atoms with Gasteiger partial charge in [0.15, 0.2) is 0 Å². The van der Waals surface area contributed by atoms with E-state index >= 15 is 0 Å². The predicted octanol–water partition coefficient (Wildman–Crippen LogP) is 3.73. The molecule has 2 aromatic rings. The largest absolute Gasteiger partial charge is 0.387 e. The van der Waals surface area contributed by atoms with Gasteiger partial charge < -0.3 is 5.11 Å². The Labute approximate surface area is 127 Å². The molecule has 1 aliphatic carbocycles. The Balaban J connectivity index is 1.80. The number of nitrogens with zero attached hydrogens (tertiary/aromatic N) is 1. The number of rotatable bonds is 3. The third-order valence-corrected chi connectivity index (χ3v) is 4.65. The topological polar surface area (TPSA) is 23.5 Å². The summed E-state index contributed by atoms with van der Waals surface area (Å²) in [4.78, 5) is 2.28. The Kier molecular flexibility index (Phi) is 4.09. The van der Waals surface area contributed by atoms with Gasteiger partial charge in [-0.25, -0.2) is 0 Å². The molecule has 21 heavy (non-hydrogen) atoms. The van der Waals surface area contributed by atoms with Gasteiger partial charge in [0.05, 0.1) is 6.10 Å². The molecule has 0 aliphatic heterocycles. The maximum Gasteiger partial charge on any atom is 0.0948 e. The van der Waals surface area contributed by atoms with Crippen LogP contribution < -0.4 is 0 Å². The third kappa shape index (κ3) is 2.87. The highest BCUT2D eigenvalue weighted by molar-refractivity contribution is 5.35. The molecule has 1 N–H and O–H groups in total. The molecule has 2 heteroatoms. The monoisotopic (exact) mass is 281 g/mol. The summed E-state index contributed by atoms with van der Waals surface area (Å²) in [5, 5.41) is 10.7. The molecule has 3 rings (SSSR count). The van der Waals surface area contributed by atoms with E-state index < -0.39 is 6.10 Å². The number of hydrogen-bond donors (Lipinski definition) is 1. The first-order valence-electron chi connectivity index (χ1n) is 7.68. The molecular formula is C19H23NO. The molecule has 0 saturated carbocycles. The molecule has 0 heterocycles. The summed E-state index contributed by atoms with van der Waals surface area (Å²) in [5.74, 6) is 0.493. The normalized spacial score (nSPS) is 24.9. The van der Waals surface area contributed by atoms with Crippen molar-refractivity contribution in [2.24, 2.45) is 0 Å². The molecule has 0 bridgehead atoms. The zero-order chi connectivity index (χ0) is 14.8. The first-order chi connectivity index (χ1) is 10.2. The lowest BCUT2D eigenvalue weighted by Gasteiger charge is -2.39. The average molecular weight is 281 g/mol. The minimum atomic E-state index is -0.397. The second-order valence-electron chi connectivity index (χ2n) is 6.18. The Hall–Kier alpha value is -1.64. The molecule has 0 fully saturated rings. The van der Waals surface area contributed by atoms with Crippen LogP contribution in [0.15, 0.2) is 54.6 Å². The minimum Gasteiger partial charge on any atom is -0.387 e. The molecular weight excluding hydrogens is 258 g/mol. The van der Waals surface area contributed by atoms with Crippen molar-refractivity contribution in [3.63, 3.8) is 0 Å². The van der Waals surface area contributed by atoms with E-state index in [1.54, 1.807) is 0 Å². The molecule has 3 atom stereocenters. The maximum atomic E-state index is 10.7. The summed E-state index contributed by atoms with van der Waals surface area (Å²) in [6.07, 6.45) is 0.604. The van der Waals surface area contributed by atoms with Gasteiger partial charge in [-0.05, 0) is 36.1 Å². The van der Waals surface area contributed by atoms with Crippen LogP contribution in [0.5, 0.6) is 0 Å². The van der Waals surface area contributed by atoms with Crippen LogP contribution in [0.2, 0.25) is 0 Å². The fraction of sp³-hybridized carbons (Fsp3) is 0.368. The van der Waals surface area contributed by atoms with Crippen molar-refractivity contribution in [3.8, 4) is 0 Å². The van der Waals surface area contributed by atoms with Crippen molar-refractivity contribution in [3.05, 3.63) is 71.3 Å². The Morgan fingerprint density at radius 2 is 1.62 bits per heavy atom. The van der Waals surface area contributed by atoms with Gasteiger partial charge >= 0.3 is 0 Å². The van der Waals surface area contributed by atoms with E-state index in [9.17, 15) is 5.11 Å². The molecule has 0 aromatic heterocycles. The van der Waals surface area contributed by atoms with Crippen LogP contribution in [0.3, 0.4) is 0 Å². The number of benzene rings is 2. The van der Waals surface area contributed by atoms with Crippen LogP contribution in [0.25, 0.3) is 0 Å². The minimum absolute atomic E-state index is 0.176. The van der Waals surface area contributed by atoms with Gasteiger partial charge in [0.2, 0.25) is 0 Å². The summed E-state index contributed by atoms with van der Waals surface area (Å²) in [7, 11) is 2.11. The molecule has 3 unspecified atom stereocenters. The SMILES string of the molecule is CC1CC(N(C)Cc2ccccc2)C(O)c2ccccc21. The standard InChI is InChI=1S/C19H23NO/c1-14-12-18(19(21)17-11-7-6-10-16(14)17)20(2)13-15-8-4-3-5-9-15/h3-11,14,18-19,21H,12-13H2,1-2H3. The van der Waals surface area contributed by atoms with Crippen LogP contribution in [0.4, 0.5) is 0 Å². The van der Waals surface area contributed by atoms with E-state index in [1.165, 1.54) is 11.1 Å². The Bertz CT molecular complexity index is 596. The van der Waals surface area contributed by atoms with Crippen LogP contribution in [-0.4, -0.2) is 23.1 Å². The lowest BCUT2D eigenvalue weighted by Crippen LogP contribution is -2.40. The van der Waals surface area contributed by atoms with Crippen molar-refractivity contribution < 1.29 is 5.11 Å². The molecule has 1 aliphatic rings. The fourth-order valence-electron chi connectivity index (χ4n) is 3.46. The predicted molar refractivity (Wildman–Crippen MR) is 86.1 cm³/mol. The van der Waals surface area contributed by atoms with Crippen molar-refractivity contribution in [1.82, 2.24) is 4.90 Å². The van der Waals surface area contributed by atoms with E-state index in [1.807, 2.05) is 12.1 Å². The van der Waals surface area contributed by atoms with Crippen molar-refractivity contribution in [2.75, 3.05) is 7.05 Å². The van der Waals surface area contributed by atoms with Crippen molar-refractivity contribution in [2.45, 2.75) is 38.0 Å². The summed E-state index contributed by atoms with van der Waals surface area (Å²) < 4.78 is 0. The summed E-state index contributed by atoms with van der Waals surface area (Å²) in [5.41, 5.74) is 3.69. The quantitative estimate of drug-likeness (QED) is 0.926. The molecule has 2 aromatic carbocycles. The highest BCUT2D eigenvalue weighted by Gasteiger charge is 2.33. The van der Waals surface area contributed by atoms with E-state index in [0.717, 1.165) is 18.5 Å². The van der Waals surface area contributed by atoms with E-state index in [2.05, 4.69) is 61.3 Å². The van der Waals surface area contributed by atoms with Gasteiger partial charge in [-0.3, -0.25) is 4.90 Å². The Morgan fingerprint density at radius 1 is 1.00 bits per heavy atom.